The van der Waals surface area contributed by atoms with Gasteiger partial charge in [0, 0.05) is 28.1 Å². The minimum atomic E-state index is -0.477. The molecular formula is C21H12ClN3O4S. The van der Waals surface area contributed by atoms with Crippen LogP contribution >= 0.6 is 22.9 Å². The molecule has 0 saturated carbocycles. The molecule has 4 rings (SSSR count). The highest BCUT2D eigenvalue weighted by Crippen LogP contribution is 2.36. The molecule has 2 heterocycles. The first-order valence-electron chi connectivity index (χ1n) is 8.63. The van der Waals surface area contributed by atoms with E-state index >= 15 is 0 Å². The number of benzene rings is 2. The highest BCUT2D eigenvalue weighted by atomic mass is 35.5. The lowest BCUT2D eigenvalue weighted by molar-refractivity contribution is -0.384. The SMILES string of the molecule is N#C/C(=C\C=C(/Cl)c1ccc([N+](=O)[O-])cc1)c1nc(-c2ccc3c(c2)OCO3)cs1. The van der Waals surface area contributed by atoms with Crippen LogP contribution in [0.2, 0.25) is 0 Å². The third-order valence-electron chi connectivity index (χ3n) is 4.27. The molecule has 0 saturated heterocycles. The van der Waals surface area contributed by atoms with Gasteiger partial charge in [-0.15, -0.1) is 11.3 Å². The molecule has 7 nitrogen and oxygen atoms in total. The molecule has 1 aliphatic heterocycles. The van der Waals surface area contributed by atoms with Crippen molar-refractivity contribution in [3.63, 3.8) is 0 Å². The quantitative estimate of drug-likeness (QED) is 0.222. The summed E-state index contributed by atoms with van der Waals surface area (Å²) in [6, 6.07) is 13.5. The number of hydrogen-bond donors (Lipinski definition) is 0. The molecule has 1 aromatic heterocycles. The molecule has 0 unspecified atom stereocenters. The number of thiazole rings is 1. The summed E-state index contributed by atoms with van der Waals surface area (Å²) in [4.78, 5) is 14.8. The van der Waals surface area contributed by atoms with Crippen LogP contribution in [0.4, 0.5) is 5.69 Å². The van der Waals surface area contributed by atoms with Crippen molar-refractivity contribution < 1.29 is 14.4 Å². The molecule has 0 aliphatic carbocycles. The number of aromatic nitrogens is 1. The number of nitro benzene ring substituents is 1. The van der Waals surface area contributed by atoms with Gasteiger partial charge in [-0.2, -0.15) is 5.26 Å². The fourth-order valence-electron chi connectivity index (χ4n) is 2.74. The number of rotatable bonds is 5. The highest BCUT2D eigenvalue weighted by molar-refractivity contribution is 7.11. The number of ether oxygens (including phenoxy) is 2. The van der Waals surface area contributed by atoms with Crippen LogP contribution in [0.1, 0.15) is 10.6 Å². The van der Waals surface area contributed by atoms with Gasteiger partial charge in [-0.3, -0.25) is 10.1 Å². The van der Waals surface area contributed by atoms with Gasteiger partial charge in [-0.25, -0.2) is 4.98 Å². The maximum absolute atomic E-state index is 10.7. The van der Waals surface area contributed by atoms with Crippen molar-refractivity contribution in [1.29, 1.82) is 5.26 Å². The predicted octanol–water partition coefficient (Wildman–Crippen LogP) is 5.63. The lowest BCUT2D eigenvalue weighted by Crippen LogP contribution is -1.92. The van der Waals surface area contributed by atoms with Crippen LogP contribution in [0.5, 0.6) is 11.5 Å². The second kappa shape index (κ2) is 8.37. The Balaban J connectivity index is 1.57. The third-order valence-corrected chi connectivity index (χ3v) is 5.49. The number of halogens is 1. The zero-order valence-corrected chi connectivity index (χ0v) is 16.8. The average Bonchev–Trinajstić information content (AvgIpc) is 3.43. The predicted molar refractivity (Wildman–Crippen MR) is 114 cm³/mol. The van der Waals surface area contributed by atoms with E-state index in [4.69, 9.17) is 21.1 Å². The summed E-state index contributed by atoms with van der Waals surface area (Å²) < 4.78 is 10.7. The van der Waals surface area contributed by atoms with Crippen molar-refractivity contribution in [3.05, 3.63) is 80.7 Å². The van der Waals surface area contributed by atoms with Crippen LogP contribution in [-0.4, -0.2) is 16.7 Å². The normalized spacial score (nSPS) is 13.2. The van der Waals surface area contributed by atoms with E-state index < -0.39 is 4.92 Å². The smallest absolute Gasteiger partial charge is 0.269 e. The Kier molecular flexibility index (Phi) is 5.48. The molecule has 0 fully saturated rings. The van der Waals surface area contributed by atoms with Crippen molar-refractivity contribution in [3.8, 4) is 28.8 Å². The first-order valence-corrected chi connectivity index (χ1v) is 9.89. The third kappa shape index (κ3) is 4.03. The second-order valence-corrected chi connectivity index (χ2v) is 7.38. The van der Waals surface area contributed by atoms with Crippen molar-refractivity contribution in [1.82, 2.24) is 4.98 Å². The van der Waals surface area contributed by atoms with Gasteiger partial charge in [0.1, 0.15) is 11.1 Å². The van der Waals surface area contributed by atoms with Crippen LogP contribution in [0.25, 0.3) is 21.9 Å². The molecule has 0 amide bonds. The van der Waals surface area contributed by atoms with Gasteiger partial charge in [0.15, 0.2) is 11.5 Å². The van der Waals surface area contributed by atoms with Crippen molar-refractivity contribution in [2.45, 2.75) is 0 Å². The molecule has 30 heavy (non-hydrogen) atoms. The first-order chi connectivity index (χ1) is 14.5. The lowest BCUT2D eigenvalue weighted by Gasteiger charge is -1.99. The van der Waals surface area contributed by atoms with E-state index in [9.17, 15) is 15.4 Å². The molecule has 0 atom stereocenters. The number of hydrogen-bond acceptors (Lipinski definition) is 7. The van der Waals surface area contributed by atoms with Crippen molar-refractivity contribution >= 4 is 39.2 Å². The van der Waals surface area contributed by atoms with E-state index in [1.807, 2.05) is 23.6 Å². The second-order valence-electron chi connectivity index (χ2n) is 6.12. The summed E-state index contributed by atoms with van der Waals surface area (Å²) in [5.41, 5.74) is 2.52. The molecule has 0 spiro atoms. The van der Waals surface area contributed by atoms with Gasteiger partial charge in [0.25, 0.3) is 5.69 Å². The number of nitrogens with zero attached hydrogens (tertiary/aromatic N) is 3. The Morgan fingerprint density at radius 2 is 1.97 bits per heavy atom. The average molecular weight is 438 g/mol. The van der Waals surface area contributed by atoms with Crippen molar-refractivity contribution in [2.24, 2.45) is 0 Å². The minimum Gasteiger partial charge on any atom is -0.454 e. The van der Waals surface area contributed by atoms with Gasteiger partial charge >= 0.3 is 0 Å². The van der Waals surface area contributed by atoms with Gasteiger partial charge in [0.05, 0.1) is 16.2 Å². The van der Waals surface area contributed by atoms with E-state index in [1.54, 1.807) is 24.3 Å². The molecule has 0 N–H and O–H groups in total. The number of nitriles is 1. The van der Waals surface area contributed by atoms with Gasteiger partial charge in [0.2, 0.25) is 6.79 Å². The monoisotopic (exact) mass is 437 g/mol. The highest BCUT2D eigenvalue weighted by Gasteiger charge is 2.16. The Morgan fingerprint density at radius 1 is 1.20 bits per heavy atom. The van der Waals surface area contributed by atoms with Gasteiger partial charge < -0.3 is 9.47 Å². The van der Waals surface area contributed by atoms with Crippen LogP contribution in [0, 0.1) is 21.4 Å². The van der Waals surface area contributed by atoms with E-state index in [0.29, 0.717) is 32.7 Å². The lowest BCUT2D eigenvalue weighted by atomic mass is 10.1. The fourth-order valence-corrected chi connectivity index (χ4v) is 3.73. The molecule has 0 radical (unpaired) electrons. The maximum Gasteiger partial charge on any atom is 0.269 e. The summed E-state index contributed by atoms with van der Waals surface area (Å²) in [7, 11) is 0. The molecule has 3 aromatic rings. The van der Waals surface area contributed by atoms with E-state index in [0.717, 1.165) is 11.3 Å². The van der Waals surface area contributed by atoms with Crippen LogP contribution in [0.3, 0.4) is 0 Å². The minimum absolute atomic E-state index is 0.0182. The number of non-ortho nitro benzene ring substituents is 1. The maximum atomic E-state index is 10.7. The molecule has 148 valence electrons. The number of nitro groups is 1. The summed E-state index contributed by atoms with van der Waals surface area (Å²) in [6.45, 7) is 0.199. The molecule has 2 aromatic carbocycles. The number of allylic oxidation sites excluding steroid dienone is 3. The molecular weight excluding hydrogens is 426 g/mol. The van der Waals surface area contributed by atoms with Crippen LogP contribution in [-0.2, 0) is 0 Å². The largest absolute Gasteiger partial charge is 0.454 e. The van der Waals surface area contributed by atoms with E-state index in [2.05, 4.69) is 11.1 Å². The van der Waals surface area contributed by atoms with Crippen molar-refractivity contribution in [2.75, 3.05) is 6.79 Å². The first kappa shape index (κ1) is 19.6. The zero-order chi connectivity index (χ0) is 21.1. The Hall–Kier alpha value is -3.67. The summed E-state index contributed by atoms with van der Waals surface area (Å²) in [6.07, 6.45) is 3.15. The van der Waals surface area contributed by atoms with Gasteiger partial charge in [-0.1, -0.05) is 11.6 Å². The van der Waals surface area contributed by atoms with Crippen LogP contribution in [0.15, 0.2) is 60.0 Å². The Morgan fingerprint density at radius 3 is 2.70 bits per heavy atom. The molecule has 9 heteroatoms. The van der Waals surface area contributed by atoms with Crippen LogP contribution < -0.4 is 9.47 Å². The summed E-state index contributed by atoms with van der Waals surface area (Å²) in [5.74, 6) is 1.36. The summed E-state index contributed by atoms with van der Waals surface area (Å²) >= 11 is 7.62. The standard InChI is InChI=1S/C21H12ClN3O4S/c22-17(13-1-5-16(6-2-13)25(26)27)7-3-15(10-23)21-24-18(11-30-21)14-4-8-19-20(9-14)29-12-28-19/h1-9,11H,12H2/b15-3+,17-7-. The number of fused-ring (bicyclic) bond motifs is 1. The topological polar surface area (TPSA) is 98.3 Å². The van der Waals surface area contributed by atoms with E-state index in [-0.39, 0.29) is 12.5 Å². The Labute approximate surface area is 180 Å². The Bertz CT molecular complexity index is 1230. The molecule has 0 bridgehead atoms. The van der Waals surface area contributed by atoms with Gasteiger partial charge in [-0.05, 0) is 48.0 Å². The fraction of sp³-hybridized carbons (Fsp3) is 0.0476. The summed E-state index contributed by atoms with van der Waals surface area (Å²) in [5, 5.41) is 23.0. The molecule has 1 aliphatic rings. The van der Waals surface area contributed by atoms with E-state index in [1.165, 1.54) is 23.5 Å². The zero-order valence-electron chi connectivity index (χ0n) is 15.2.